The van der Waals surface area contributed by atoms with Gasteiger partial charge in [-0.2, -0.15) is 0 Å². The van der Waals surface area contributed by atoms with Gasteiger partial charge in [-0.1, -0.05) is 31.2 Å². The second-order valence-electron chi connectivity index (χ2n) is 9.57. The Balaban J connectivity index is 1.49. The molecule has 0 fully saturated rings. The number of nitrogens with one attached hydrogen (secondary N) is 1. The van der Waals surface area contributed by atoms with Gasteiger partial charge < -0.3 is 24.8 Å². The zero-order chi connectivity index (χ0) is 25.3. The van der Waals surface area contributed by atoms with E-state index in [0.717, 1.165) is 63.4 Å². The van der Waals surface area contributed by atoms with Crippen molar-refractivity contribution in [2.75, 3.05) is 38.3 Å². The smallest absolute Gasteiger partial charge is 0.120 e. The van der Waals surface area contributed by atoms with E-state index in [9.17, 15) is 5.11 Å². The summed E-state index contributed by atoms with van der Waals surface area (Å²) in [5.74, 6) is 2.59. The van der Waals surface area contributed by atoms with E-state index >= 15 is 0 Å². The minimum absolute atomic E-state index is 0.360. The lowest BCUT2D eigenvalue weighted by Gasteiger charge is -2.32. The first-order valence-electron chi connectivity index (χ1n) is 13.3. The van der Waals surface area contributed by atoms with Crippen molar-refractivity contribution in [3.05, 3.63) is 82.9 Å². The summed E-state index contributed by atoms with van der Waals surface area (Å²) in [6.45, 7) is 8.68. The van der Waals surface area contributed by atoms with E-state index in [0.29, 0.717) is 18.3 Å². The number of phenolic OH excluding ortho intramolecular Hbond substituents is 1. The van der Waals surface area contributed by atoms with Gasteiger partial charge in [0, 0.05) is 31.4 Å². The molecule has 1 aliphatic carbocycles. The molecule has 0 amide bonds. The molecule has 36 heavy (non-hydrogen) atoms. The molecule has 0 radical (unpaired) electrons. The monoisotopic (exact) mass is 488 g/mol. The van der Waals surface area contributed by atoms with Gasteiger partial charge >= 0.3 is 0 Å². The number of methoxy groups -OCH3 is 1. The van der Waals surface area contributed by atoms with Gasteiger partial charge in [0.2, 0.25) is 0 Å². The molecule has 0 bridgehead atoms. The fourth-order valence-electron chi connectivity index (χ4n) is 5.10. The first-order chi connectivity index (χ1) is 17.6. The van der Waals surface area contributed by atoms with E-state index in [1.165, 1.54) is 27.9 Å². The van der Waals surface area contributed by atoms with Crippen LogP contribution in [0.2, 0.25) is 0 Å². The van der Waals surface area contributed by atoms with Crippen molar-refractivity contribution in [2.45, 2.75) is 52.0 Å². The summed E-state index contributed by atoms with van der Waals surface area (Å²) in [5, 5.41) is 13.2. The predicted molar refractivity (Wildman–Crippen MR) is 148 cm³/mol. The van der Waals surface area contributed by atoms with Gasteiger partial charge in [-0.3, -0.25) is 0 Å². The van der Waals surface area contributed by atoms with Crippen LogP contribution in [0.15, 0.2) is 60.7 Å². The molecule has 0 spiro atoms. The van der Waals surface area contributed by atoms with Crippen LogP contribution in [0.1, 0.15) is 54.9 Å². The molecule has 0 aromatic heterocycles. The number of nitrogens with zero attached hydrogens (tertiary/aromatic N) is 1. The van der Waals surface area contributed by atoms with E-state index in [4.69, 9.17) is 9.47 Å². The first-order valence-corrected chi connectivity index (χ1v) is 13.3. The number of aromatic hydroxyl groups is 1. The van der Waals surface area contributed by atoms with Gasteiger partial charge in [-0.15, -0.1) is 0 Å². The number of rotatable bonds is 12. The Labute approximate surface area is 216 Å². The van der Waals surface area contributed by atoms with Crippen molar-refractivity contribution in [1.29, 1.82) is 0 Å². The van der Waals surface area contributed by atoms with Crippen LogP contribution in [-0.2, 0) is 19.4 Å². The van der Waals surface area contributed by atoms with Gasteiger partial charge in [-0.05, 0) is 97.7 Å². The standard InChI is InChI=1S/C31H40N2O3/c1-4-16-32-17-18-36-28-12-6-23(7-13-28)22-33(5-2)31-21-29(35-3)14-15-30(31)26-9-8-25-20-27(34)11-10-24(25)19-26/h6-7,10-15,20-21,26,32,34H,4-5,8-9,16-19,22H2,1-3H3/t26-/m1/s1. The maximum Gasteiger partial charge on any atom is 0.120 e. The summed E-state index contributed by atoms with van der Waals surface area (Å²) >= 11 is 0. The third-order valence-electron chi connectivity index (χ3n) is 7.09. The molecular formula is C31H40N2O3. The molecule has 0 heterocycles. The number of ether oxygens (including phenoxy) is 2. The Hall–Kier alpha value is -3.18. The number of phenols is 1. The van der Waals surface area contributed by atoms with Crippen LogP contribution in [0, 0.1) is 0 Å². The molecule has 0 aliphatic heterocycles. The van der Waals surface area contributed by atoms with Gasteiger partial charge in [0.1, 0.15) is 23.9 Å². The summed E-state index contributed by atoms with van der Waals surface area (Å²) in [7, 11) is 1.73. The highest BCUT2D eigenvalue weighted by molar-refractivity contribution is 5.60. The summed E-state index contributed by atoms with van der Waals surface area (Å²) in [6, 6.07) is 20.8. The number of aryl methyl sites for hydroxylation is 1. The minimum Gasteiger partial charge on any atom is -0.508 e. The van der Waals surface area contributed by atoms with Crippen LogP contribution in [0.4, 0.5) is 5.69 Å². The lowest BCUT2D eigenvalue weighted by atomic mass is 9.79. The Morgan fingerprint density at radius 1 is 0.944 bits per heavy atom. The highest BCUT2D eigenvalue weighted by atomic mass is 16.5. The zero-order valence-corrected chi connectivity index (χ0v) is 21.9. The van der Waals surface area contributed by atoms with Crippen molar-refractivity contribution in [2.24, 2.45) is 0 Å². The molecule has 3 aromatic rings. The van der Waals surface area contributed by atoms with E-state index in [1.807, 2.05) is 12.1 Å². The predicted octanol–water partition coefficient (Wildman–Crippen LogP) is 6.08. The number of hydrogen-bond donors (Lipinski definition) is 2. The third kappa shape index (κ3) is 6.52. The van der Waals surface area contributed by atoms with E-state index in [2.05, 4.69) is 72.6 Å². The highest BCUT2D eigenvalue weighted by Gasteiger charge is 2.24. The molecule has 2 N–H and O–H groups in total. The fraction of sp³-hybridized carbons (Fsp3) is 0.419. The second-order valence-corrected chi connectivity index (χ2v) is 9.57. The van der Waals surface area contributed by atoms with Crippen LogP contribution in [0.25, 0.3) is 0 Å². The molecule has 0 saturated heterocycles. The van der Waals surface area contributed by atoms with Crippen molar-refractivity contribution in [3.63, 3.8) is 0 Å². The SMILES string of the molecule is CCCNCCOc1ccc(CN(CC)c2cc(OC)ccc2[C@@H]2CCc3cc(O)ccc3C2)cc1. The quantitative estimate of drug-likeness (QED) is 0.303. The Morgan fingerprint density at radius 3 is 2.50 bits per heavy atom. The Kier molecular flexibility index (Phi) is 9.12. The maximum absolute atomic E-state index is 9.88. The van der Waals surface area contributed by atoms with E-state index in [-0.39, 0.29) is 0 Å². The van der Waals surface area contributed by atoms with Crippen molar-refractivity contribution in [1.82, 2.24) is 5.32 Å². The van der Waals surface area contributed by atoms with Crippen LogP contribution in [0.3, 0.4) is 0 Å². The Bertz CT molecular complexity index is 1110. The second kappa shape index (κ2) is 12.7. The fourth-order valence-corrected chi connectivity index (χ4v) is 5.10. The molecule has 0 unspecified atom stereocenters. The molecule has 5 heteroatoms. The minimum atomic E-state index is 0.360. The number of fused-ring (bicyclic) bond motifs is 1. The normalized spacial score (nSPS) is 14.8. The van der Waals surface area contributed by atoms with Crippen LogP contribution in [0.5, 0.6) is 17.2 Å². The number of anilines is 1. The van der Waals surface area contributed by atoms with Gasteiger partial charge in [0.05, 0.1) is 7.11 Å². The van der Waals surface area contributed by atoms with E-state index in [1.54, 1.807) is 7.11 Å². The molecule has 3 aromatic carbocycles. The topological polar surface area (TPSA) is 54.0 Å². The van der Waals surface area contributed by atoms with Crippen LogP contribution < -0.4 is 19.7 Å². The van der Waals surface area contributed by atoms with Crippen LogP contribution >= 0.6 is 0 Å². The van der Waals surface area contributed by atoms with Gasteiger partial charge in [-0.25, -0.2) is 0 Å². The average molecular weight is 489 g/mol. The molecule has 192 valence electrons. The maximum atomic E-state index is 9.88. The van der Waals surface area contributed by atoms with Crippen molar-refractivity contribution in [3.8, 4) is 17.2 Å². The average Bonchev–Trinajstić information content (AvgIpc) is 2.91. The molecule has 5 nitrogen and oxygen atoms in total. The molecule has 1 atom stereocenters. The molecular weight excluding hydrogens is 448 g/mol. The largest absolute Gasteiger partial charge is 0.508 e. The summed E-state index contributed by atoms with van der Waals surface area (Å²) in [4.78, 5) is 2.44. The number of benzene rings is 3. The first kappa shape index (κ1) is 25.9. The van der Waals surface area contributed by atoms with Crippen molar-refractivity contribution >= 4 is 5.69 Å². The summed E-state index contributed by atoms with van der Waals surface area (Å²) in [6.07, 6.45) is 4.19. The van der Waals surface area contributed by atoms with Crippen LogP contribution in [-0.4, -0.2) is 38.5 Å². The zero-order valence-electron chi connectivity index (χ0n) is 21.9. The third-order valence-corrected chi connectivity index (χ3v) is 7.09. The summed E-state index contributed by atoms with van der Waals surface area (Å²) < 4.78 is 11.5. The Morgan fingerprint density at radius 2 is 1.75 bits per heavy atom. The highest BCUT2D eigenvalue weighted by Crippen LogP contribution is 2.40. The molecule has 4 rings (SSSR count). The molecule has 1 aliphatic rings. The van der Waals surface area contributed by atoms with Gasteiger partial charge in [0.25, 0.3) is 0 Å². The van der Waals surface area contributed by atoms with Crippen molar-refractivity contribution < 1.29 is 14.6 Å². The summed E-state index contributed by atoms with van der Waals surface area (Å²) in [5.41, 5.74) is 6.49. The molecule has 0 saturated carbocycles. The van der Waals surface area contributed by atoms with E-state index < -0.39 is 0 Å². The number of hydrogen-bond acceptors (Lipinski definition) is 5. The van der Waals surface area contributed by atoms with Gasteiger partial charge in [0.15, 0.2) is 0 Å². The lowest BCUT2D eigenvalue weighted by Crippen LogP contribution is -2.25. The lowest BCUT2D eigenvalue weighted by molar-refractivity contribution is 0.314.